The maximum absolute atomic E-state index is 6.49. The van der Waals surface area contributed by atoms with E-state index in [1.165, 1.54) is 25.7 Å². The van der Waals surface area contributed by atoms with E-state index >= 15 is 0 Å². The van der Waals surface area contributed by atoms with Gasteiger partial charge in [0.15, 0.2) is 0 Å². The van der Waals surface area contributed by atoms with Crippen LogP contribution in [0.4, 0.5) is 5.82 Å². The third-order valence-electron chi connectivity index (χ3n) is 4.08. The second-order valence-electron chi connectivity index (χ2n) is 5.53. The number of nitrogens with zero attached hydrogens (tertiary/aromatic N) is 2. The van der Waals surface area contributed by atoms with Crippen molar-refractivity contribution in [3.63, 3.8) is 0 Å². The number of pyridine rings is 1. The first-order chi connectivity index (χ1) is 9.76. The highest BCUT2D eigenvalue weighted by atomic mass is 35.5. The molecule has 20 heavy (non-hydrogen) atoms. The third kappa shape index (κ3) is 3.86. The molecule has 0 aromatic carbocycles. The van der Waals surface area contributed by atoms with E-state index < -0.39 is 0 Å². The highest BCUT2D eigenvalue weighted by molar-refractivity contribution is 6.33. The summed E-state index contributed by atoms with van der Waals surface area (Å²) in [7, 11) is 0. The van der Waals surface area contributed by atoms with Gasteiger partial charge in [-0.3, -0.25) is 0 Å². The summed E-state index contributed by atoms with van der Waals surface area (Å²) in [5, 5.41) is 4.10. The summed E-state index contributed by atoms with van der Waals surface area (Å²) in [6.45, 7) is 7.24. The number of anilines is 1. The van der Waals surface area contributed by atoms with Gasteiger partial charge in [0.05, 0.1) is 5.02 Å². The van der Waals surface area contributed by atoms with Crippen molar-refractivity contribution < 1.29 is 0 Å². The average molecular weight is 296 g/mol. The van der Waals surface area contributed by atoms with E-state index in [0.717, 1.165) is 42.5 Å². The molecular weight excluding hydrogens is 270 g/mol. The summed E-state index contributed by atoms with van der Waals surface area (Å²) in [6.07, 6.45) is 8.27. The summed E-state index contributed by atoms with van der Waals surface area (Å²) in [5.74, 6) is 0.973. The van der Waals surface area contributed by atoms with Crippen LogP contribution >= 0.6 is 11.6 Å². The zero-order valence-corrected chi connectivity index (χ0v) is 13.4. The molecule has 1 saturated heterocycles. The molecule has 1 atom stereocenters. The fourth-order valence-electron chi connectivity index (χ4n) is 2.93. The van der Waals surface area contributed by atoms with Crippen molar-refractivity contribution in [1.29, 1.82) is 0 Å². The summed E-state index contributed by atoms with van der Waals surface area (Å²) in [6, 6.07) is 2.64. The first kappa shape index (κ1) is 15.6. The second kappa shape index (κ2) is 7.84. The molecule has 1 aromatic heterocycles. The predicted octanol–water partition coefficient (Wildman–Crippen LogP) is 4.00. The van der Waals surface area contributed by atoms with Gasteiger partial charge in [-0.05, 0) is 37.4 Å². The Balaban J connectivity index is 2.17. The van der Waals surface area contributed by atoms with Crippen molar-refractivity contribution in [3.05, 3.63) is 22.8 Å². The van der Waals surface area contributed by atoms with Crippen LogP contribution < -0.4 is 10.2 Å². The number of hydrogen-bond acceptors (Lipinski definition) is 3. The van der Waals surface area contributed by atoms with E-state index in [9.17, 15) is 0 Å². The molecule has 1 unspecified atom stereocenters. The predicted molar refractivity (Wildman–Crippen MR) is 86.5 cm³/mol. The van der Waals surface area contributed by atoms with Gasteiger partial charge < -0.3 is 10.2 Å². The molecule has 1 aliphatic rings. The van der Waals surface area contributed by atoms with Crippen molar-refractivity contribution in [2.24, 2.45) is 0 Å². The zero-order chi connectivity index (χ0) is 14.4. The normalized spacial score (nSPS) is 19.9. The smallest absolute Gasteiger partial charge is 0.147 e. The number of halogens is 1. The number of rotatable bonds is 5. The lowest BCUT2D eigenvalue weighted by Gasteiger charge is -2.31. The Kier molecular flexibility index (Phi) is 6.11. The fraction of sp³-hybridized carbons (Fsp3) is 0.688. The Hall–Kier alpha value is -0.800. The lowest BCUT2D eigenvalue weighted by atomic mass is 10.1. The van der Waals surface area contributed by atoms with Crippen LogP contribution in [0.15, 0.2) is 12.3 Å². The maximum Gasteiger partial charge on any atom is 0.147 e. The molecule has 0 bridgehead atoms. The number of aromatic nitrogens is 1. The van der Waals surface area contributed by atoms with Crippen LogP contribution in [0.3, 0.4) is 0 Å². The van der Waals surface area contributed by atoms with Crippen LogP contribution in [0.2, 0.25) is 5.02 Å². The second-order valence-corrected chi connectivity index (χ2v) is 5.94. The quantitative estimate of drug-likeness (QED) is 0.890. The summed E-state index contributed by atoms with van der Waals surface area (Å²) in [4.78, 5) is 7.07. The maximum atomic E-state index is 6.49. The van der Waals surface area contributed by atoms with Crippen molar-refractivity contribution >= 4 is 17.4 Å². The highest BCUT2D eigenvalue weighted by Crippen LogP contribution is 2.30. The van der Waals surface area contributed by atoms with E-state index in [-0.39, 0.29) is 0 Å². The van der Waals surface area contributed by atoms with E-state index in [1.54, 1.807) is 0 Å². The van der Waals surface area contributed by atoms with Crippen molar-refractivity contribution in [1.82, 2.24) is 10.3 Å². The van der Waals surface area contributed by atoms with Crippen LogP contribution in [0, 0.1) is 0 Å². The molecule has 0 spiro atoms. The highest BCUT2D eigenvalue weighted by Gasteiger charge is 2.22. The topological polar surface area (TPSA) is 28.2 Å². The van der Waals surface area contributed by atoms with Crippen molar-refractivity contribution in [2.45, 2.75) is 58.5 Å². The first-order valence-electron chi connectivity index (χ1n) is 7.88. The van der Waals surface area contributed by atoms with Crippen LogP contribution in [0.25, 0.3) is 0 Å². The van der Waals surface area contributed by atoms with E-state index in [2.05, 4.69) is 35.1 Å². The van der Waals surface area contributed by atoms with Crippen LogP contribution in [-0.4, -0.2) is 24.1 Å². The standard InChI is InChI=1S/C16H26ClN3/c1-3-14-8-6-5-7-9-20(14)16-15(17)10-13(12-19-16)11-18-4-2/h10,12,14,18H,3-9,11H2,1-2H3. The van der Waals surface area contributed by atoms with Gasteiger partial charge >= 0.3 is 0 Å². The SMILES string of the molecule is CCNCc1cnc(N2CCCCCC2CC)c(Cl)c1. The monoisotopic (exact) mass is 295 g/mol. The Morgan fingerprint density at radius 1 is 1.35 bits per heavy atom. The summed E-state index contributed by atoms with van der Waals surface area (Å²) >= 11 is 6.49. The van der Waals surface area contributed by atoms with Crippen LogP contribution in [0.1, 0.15) is 51.5 Å². The van der Waals surface area contributed by atoms with Gasteiger partial charge in [-0.25, -0.2) is 4.98 Å². The summed E-state index contributed by atoms with van der Waals surface area (Å²) < 4.78 is 0. The van der Waals surface area contributed by atoms with E-state index in [1.807, 2.05) is 6.20 Å². The third-order valence-corrected chi connectivity index (χ3v) is 4.36. The molecule has 1 N–H and O–H groups in total. The molecule has 0 saturated carbocycles. The van der Waals surface area contributed by atoms with Gasteiger partial charge in [0.2, 0.25) is 0 Å². The van der Waals surface area contributed by atoms with Gasteiger partial charge in [-0.2, -0.15) is 0 Å². The lowest BCUT2D eigenvalue weighted by Crippen LogP contribution is -2.35. The van der Waals surface area contributed by atoms with Gasteiger partial charge in [0, 0.05) is 25.3 Å². The van der Waals surface area contributed by atoms with Crippen molar-refractivity contribution in [2.75, 3.05) is 18.0 Å². The lowest BCUT2D eigenvalue weighted by molar-refractivity contribution is 0.552. The molecular formula is C16H26ClN3. The van der Waals surface area contributed by atoms with Crippen LogP contribution in [-0.2, 0) is 6.54 Å². The van der Waals surface area contributed by atoms with Gasteiger partial charge in [-0.15, -0.1) is 0 Å². The van der Waals surface area contributed by atoms with Gasteiger partial charge in [0.25, 0.3) is 0 Å². The molecule has 112 valence electrons. The number of hydrogen-bond donors (Lipinski definition) is 1. The average Bonchev–Trinajstić information content (AvgIpc) is 2.70. The largest absolute Gasteiger partial charge is 0.352 e. The molecule has 0 aliphatic carbocycles. The van der Waals surface area contributed by atoms with E-state index in [0.29, 0.717) is 6.04 Å². The number of nitrogens with one attached hydrogen (secondary N) is 1. The van der Waals surface area contributed by atoms with E-state index in [4.69, 9.17) is 11.6 Å². The Morgan fingerprint density at radius 3 is 2.90 bits per heavy atom. The molecule has 2 heterocycles. The van der Waals surface area contributed by atoms with Gasteiger partial charge in [0.1, 0.15) is 5.82 Å². The molecule has 1 aromatic rings. The molecule has 1 aliphatic heterocycles. The Labute approximate surface area is 127 Å². The molecule has 0 radical (unpaired) electrons. The molecule has 1 fully saturated rings. The Bertz CT molecular complexity index is 422. The molecule has 0 amide bonds. The molecule has 2 rings (SSSR count). The molecule has 3 nitrogen and oxygen atoms in total. The van der Waals surface area contributed by atoms with Crippen LogP contribution in [0.5, 0.6) is 0 Å². The Morgan fingerprint density at radius 2 is 2.20 bits per heavy atom. The minimum Gasteiger partial charge on any atom is -0.352 e. The molecule has 4 heteroatoms. The zero-order valence-electron chi connectivity index (χ0n) is 12.7. The first-order valence-corrected chi connectivity index (χ1v) is 8.25. The summed E-state index contributed by atoms with van der Waals surface area (Å²) in [5.41, 5.74) is 1.16. The minimum atomic E-state index is 0.585. The fourth-order valence-corrected chi connectivity index (χ4v) is 3.23. The minimum absolute atomic E-state index is 0.585. The van der Waals surface area contributed by atoms with Gasteiger partial charge in [-0.1, -0.05) is 38.3 Å². The van der Waals surface area contributed by atoms with Crippen molar-refractivity contribution in [3.8, 4) is 0 Å².